The molecule has 0 aliphatic carbocycles. The number of rotatable bonds is 5. The van der Waals surface area contributed by atoms with Crippen LogP contribution < -0.4 is 16.0 Å². The molecule has 31 heavy (non-hydrogen) atoms. The first-order chi connectivity index (χ1) is 14.8. The van der Waals surface area contributed by atoms with Gasteiger partial charge in [0.1, 0.15) is 5.75 Å². The third kappa shape index (κ3) is 3.92. The van der Waals surface area contributed by atoms with E-state index < -0.39 is 36.0 Å². The molecule has 10 nitrogen and oxygen atoms in total. The molecule has 2 atom stereocenters. The van der Waals surface area contributed by atoms with Crippen LogP contribution in [0.4, 0.5) is 0 Å². The fourth-order valence-electron chi connectivity index (χ4n) is 3.75. The van der Waals surface area contributed by atoms with Gasteiger partial charge in [-0.15, -0.1) is 0 Å². The monoisotopic (exact) mass is 425 g/mol. The quantitative estimate of drug-likeness (QED) is 0.530. The SMILES string of the molecule is O=C(O)COc1ccc(C(=O)N2C[C@H](O)[C@@H](n3c(=O)[nH]c(=O)c4ccccc43)C2)cc1. The van der Waals surface area contributed by atoms with Gasteiger partial charge in [-0.1, -0.05) is 12.1 Å². The Balaban J connectivity index is 1.58. The van der Waals surface area contributed by atoms with Gasteiger partial charge in [-0.2, -0.15) is 0 Å². The summed E-state index contributed by atoms with van der Waals surface area (Å²) >= 11 is 0. The maximum absolute atomic E-state index is 12.9. The second-order valence-electron chi connectivity index (χ2n) is 7.20. The minimum atomic E-state index is -1.11. The molecular formula is C21H19N3O7. The molecule has 160 valence electrons. The number of aromatic nitrogens is 2. The molecule has 1 amide bonds. The third-order valence-corrected chi connectivity index (χ3v) is 5.19. The van der Waals surface area contributed by atoms with Crippen molar-refractivity contribution in [2.75, 3.05) is 19.7 Å². The molecule has 2 heterocycles. The lowest BCUT2D eigenvalue weighted by atomic mass is 10.1. The molecule has 1 aliphatic heterocycles. The van der Waals surface area contributed by atoms with Crippen LogP contribution in [0.3, 0.4) is 0 Å². The highest BCUT2D eigenvalue weighted by Gasteiger charge is 2.37. The maximum atomic E-state index is 12.9. The van der Waals surface area contributed by atoms with Crippen LogP contribution in [-0.2, 0) is 4.79 Å². The van der Waals surface area contributed by atoms with Crippen molar-refractivity contribution < 1.29 is 24.5 Å². The van der Waals surface area contributed by atoms with Gasteiger partial charge in [0.25, 0.3) is 11.5 Å². The number of carbonyl (C=O) groups is 2. The Morgan fingerprint density at radius 1 is 1.06 bits per heavy atom. The van der Waals surface area contributed by atoms with Crippen molar-refractivity contribution >= 4 is 22.8 Å². The van der Waals surface area contributed by atoms with E-state index in [1.807, 2.05) is 0 Å². The minimum Gasteiger partial charge on any atom is -0.482 e. The smallest absolute Gasteiger partial charge is 0.341 e. The van der Waals surface area contributed by atoms with Gasteiger partial charge in [0.15, 0.2) is 6.61 Å². The number of nitrogens with one attached hydrogen (secondary N) is 1. The van der Waals surface area contributed by atoms with Crippen LogP contribution in [0, 0.1) is 0 Å². The average molecular weight is 425 g/mol. The Morgan fingerprint density at radius 2 is 1.77 bits per heavy atom. The summed E-state index contributed by atoms with van der Waals surface area (Å²) in [6.07, 6.45) is -1.01. The number of aliphatic hydroxyl groups excluding tert-OH is 1. The summed E-state index contributed by atoms with van der Waals surface area (Å²) in [5, 5.41) is 19.6. The molecule has 1 aromatic heterocycles. The van der Waals surface area contributed by atoms with Crippen LogP contribution in [-0.4, -0.2) is 62.3 Å². The lowest BCUT2D eigenvalue weighted by molar-refractivity contribution is -0.139. The Bertz CT molecular complexity index is 1260. The van der Waals surface area contributed by atoms with Crippen molar-refractivity contribution in [2.24, 2.45) is 0 Å². The van der Waals surface area contributed by atoms with Gasteiger partial charge in [-0.3, -0.25) is 19.1 Å². The van der Waals surface area contributed by atoms with Crippen LogP contribution in [0.5, 0.6) is 5.75 Å². The van der Waals surface area contributed by atoms with E-state index in [9.17, 15) is 24.3 Å². The molecule has 1 aliphatic rings. The second kappa shape index (κ2) is 8.07. The molecule has 3 aromatic rings. The fraction of sp³-hybridized carbons (Fsp3) is 0.238. The van der Waals surface area contributed by atoms with Crippen LogP contribution in [0.25, 0.3) is 10.9 Å². The van der Waals surface area contributed by atoms with Crippen molar-refractivity contribution in [1.82, 2.24) is 14.5 Å². The highest BCUT2D eigenvalue weighted by molar-refractivity contribution is 5.94. The highest BCUT2D eigenvalue weighted by Crippen LogP contribution is 2.25. The van der Waals surface area contributed by atoms with E-state index >= 15 is 0 Å². The molecule has 0 unspecified atom stereocenters. The first kappa shape index (κ1) is 20.4. The Kier molecular flexibility index (Phi) is 5.30. The Morgan fingerprint density at radius 3 is 2.48 bits per heavy atom. The van der Waals surface area contributed by atoms with E-state index in [2.05, 4.69) is 4.98 Å². The number of hydrogen-bond acceptors (Lipinski definition) is 6. The lowest BCUT2D eigenvalue weighted by Crippen LogP contribution is -2.37. The predicted molar refractivity (Wildman–Crippen MR) is 109 cm³/mol. The minimum absolute atomic E-state index is 0.0145. The highest BCUT2D eigenvalue weighted by atomic mass is 16.5. The molecule has 0 spiro atoms. The Hall–Kier alpha value is -3.92. The molecule has 2 aromatic carbocycles. The number of fused-ring (bicyclic) bond motifs is 1. The van der Waals surface area contributed by atoms with E-state index in [0.717, 1.165) is 0 Å². The van der Waals surface area contributed by atoms with Gasteiger partial charge in [-0.25, -0.2) is 9.59 Å². The van der Waals surface area contributed by atoms with Crippen molar-refractivity contribution in [3.63, 3.8) is 0 Å². The molecule has 3 N–H and O–H groups in total. The number of likely N-dealkylation sites (tertiary alicyclic amines) is 1. The van der Waals surface area contributed by atoms with Crippen LogP contribution >= 0.6 is 0 Å². The van der Waals surface area contributed by atoms with Crippen molar-refractivity contribution in [3.05, 3.63) is 74.9 Å². The number of aliphatic hydroxyl groups is 1. The molecule has 1 fully saturated rings. The number of β-amino-alcohol motifs (C(OH)–C–C–N with tert-alkyl or cyclic N) is 1. The van der Waals surface area contributed by atoms with Crippen LogP contribution in [0.15, 0.2) is 58.1 Å². The number of carbonyl (C=O) groups excluding carboxylic acids is 1. The van der Waals surface area contributed by atoms with Crippen molar-refractivity contribution in [2.45, 2.75) is 12.1 Å². The van der Waals surface area contributed by atoms with E-state index in [0.29, 0.717) is 22.2 Å². The van der Waals surface area contributed by atoms with Crippen molar-refractivity contribution in [3.8, 4) is 5.75 Å². The molecule has 0 radical (unpaired) electrons. The van der Waals surface area contributed by atoms with Crippen molar-refractivity contribution in [1.29, 1.82) is 0 Å². The number of nitrogens with zero attached hydrogens (tertiary/aromatic N) is 2. The van der Waals surface area contributed by atoms with E-state index in [1.165, 1.54) is 33.7 Å². The summed E-state index contributed by atoms with van der Waals surface area (Å²) < 4.78 is 6.37. The number of ether oxygens (including phenoxy) is 1. The largest absolute Gasteiger partial charge is 0.482 e. The maximum Gasteiger partial charge on any atom is 0.341 e. The molecule has 0 bridgehead atoms. The molecular weight excluding hydrogens is 406 g/mol. The number of aromatic amines is 1. The van der Waals surface area contributed by atoms with E-state index in [1.54, 1.807) is 24.3 Å². The van der Waals surface area contributed by atoms with Crippen LogP contribution in [0.2, 0.25) is 0 Å². The summed E-state index contributed by atoms with van der Waals surface area (Å²) in [7, 11) is 0. The number of H-pyrrole nitrogens is 1. The second-order valence-corrected chi connectivity index (χ2v) is 7.20. The van der Waals surface area contributed by atoms with E-state index in [-0.39, 0.29) is 19.0 Å². The third-order valence-electron chi connectivity index (χ3n) is 5.19. The van der Waals surface area contributed by atoms with Gasteiger partial charge >= 0.3 is 11.7 Å². The van der Waals surface area contributed by atoms with Gasteiger partial charge < -0.3 is 19.8 Å². The summed E-state index contributed by atoms with van der Waals surface area (Å²) in [6.45, 7) is -0.400. The number of aliphatic carboxylic acids is 1. The molecule has 4 rings (SSSR count). The number of carboxylic acid groups (broad SMARTS) is 1. The summed E-state index contributed by atoms with van der Waals surface area (Å²) in [5.41, 5.74) is -0.451. The van der Waals surface area contributed by atoms with Gasteiger partial charge in [0.2, 0.25) is 0 Å². The zero-order chi connectivity index (χ0) is 22.1. The zero-order valence-electron chi connectivity index (χ0n) is 16.2. The summed E-state index contributed by atoms with van der Waals surface area (Å²) in [6, 6.07) is 11.8. The van der Waals surface area contributed by atoms with Crippen LogP contribution in [0.1, 0.15) is 16.4 Å². The Labute approximate surface area is 174 Å². The average Bonchev–Trinajstić information content (AvgIpc) is 3.13. The molecule has 10 heteroatoms. The topological polar surface area (TPSA) is 142 Å². The fourth-order valence-corrected chi connectivity index (χ4v) is 3.75. The number of para-hydroxylation sites is 1. The first-order valence-corrected chi connectivity index (χ1v) is 9.50. The van der Waals surface area contributed by atoms with Gasteiger partial charge in [-0.05, 0) is 36.4 Å². The standard InChI is InChI=1S/C21H19N3O7/c25-17-10-23(20(29)12-5-7-13(8-6-12)31-11-18(26)27)9-16(17)24-15-4-2-1-3-14(15)19(28)22-21(24)30/h1-8,16-17,25H,9-11H2,(H,26,27)(H,22,28,30)/t16-,17-/m0/s1. The number of carboxylic acids is 1. The lowest BCUT2D eigenvalue weighted by Gasteiger charge is -2.19. The zero-order valence-corrected chi connectivity index (χ0v) is 16.2. The number of benzene rings is 2. The van der Waals surface area contributed by atoms with E-state index in [4.69, 9.17) is 9.84 Å². The normalized spacial score (nSPS) is 18.3. The van der Waals surface area contributed by atoms with Gasteiger partial charge in [0.05, 0.1) is 23.0 Å². The first-order valence-electron chi connectivity index (χ1n) is 9.50. The number of hydrogen-bond donors (Lipinski definition) is 3. The number of amides is 1. The molecule has 0 saturated carbocycles. The predicted octanol–water partition coefficient (Wildman–Crippen LogP) is 0.211. The summed E-state index contributed by atoms with van der Waals surface area (Å²) in [4.78, 5) is 51.7. The van der Waals surface area contributed by atoms with Gasteiger partial charge in [0, 0.05) is 18.7 Å². The molecule has 1 saturated heterocycles. The summed E-state index contributed by atoms with van der Waals surface area (Å²) in [5.74, 6) is -1.15.